The summed E-state index contributed by atoms with van der Waals surface area (Å²) in [4.78, 5) is 0. The van der Waals surface area contributed by atoms with Gasteiger partial charge in [-0.1, -0.05) is 57.9 Å². The maximum atomic E-state index is 10.4. The fourth-order valence-corrected chi connectivity index (χ4v) is 3.33. The van der Waals surface area contributed by atoms with Crippen LogP contribution < -0.4 is 5.73 Å². The minimum atomic E-state index is -0.247. The summed E-state index contributed by atoms with van der Waals surface area (Å²) in [7, 11) is 0. The Bertz CT molecular complexity index is 432. The van der Waals surface area contributed by atoms with Crippen molar-refractivity contribution in [3.05, 3.63) is 35.4 Å². The van der Waals surface area contributed by atoms with E-state index in [4.69, 9.17) is 5.73 Å². The average Bonchev–Trinajstić information content (AvgIpc) is 2.41. The molecule has 20 heavy (non-hydrogen) atoms. The van der Waals surface area contributed by atoms with E-state index in [1.807, 2.05) is 0 Å². The summed E-state index contributed by atoms with van der Waals surface area (Å²) in [6.45, 7) is 7.27. The third-order valence-electron chi connectivity index (χ3n) is 4.89. The number of aliphatic hydroxyl groups excluding tert-OH is 1. The van der Waals surface area contributed by atoms with Gasteiger partial charge >= 0.3 is 0 Å². The van der Waals surface area contributed by atoms with Crippen molar-refractivity contribution in [2.45, 2.75) is 64.4 Å². The van der Waals surface area contributed by atoms with Crippen LogP contribution >= 0.6 is 0 Å². The molecule has 1 aliphatic carbocycles. The van der Waals surface area contributed by atoms with Crippen LogP contribution in [0.1, 0.15) is 57.6 Å². The Hall–Kier alpha value is -0.860. The Labute approximate surface area is 123 Å². The topological polar surface area (TPSA) is 46.2 Å². The van der Waals surface area contributed by atoms with Gasteiger partial charge in [0.15, 0.2) is 0 Å². The summed E-state index contributed by atoms with van der Waals surface area (Å²) in [6.07, 6.45) is 4.92. The Morgan fingerprint density at radius 1 is 1.20 bits per heavy atom. The van der Waals surface area contributed by atoms with E-state index in [0.29, 0.717) is 6.54 Å². The molecule has 2 atom stereocenters. The Morgan fingerprint density at radius 2 is 1.85 bits per heavy atom. The Balaban J connectivity index is 2.16. The van der Waals surface area contributed by atoms with Crippen LogP contribution in [-0.4, -0.2) is 17.8 Å². The fourth-order valence-electron chi connectivity index (χ4n) is 3.33. The van der Waals surface area contributed by atoms with E-state index < -0.39 is 0 Å². The summed E-state index contributed by atoms with van der Waals surface area (Å²) in [5.41, 5.74) is 8.74. The van der Waals surface area contributed by atoms with Gasteiger partial charge < -0.3 is 10.8 Å². The molecule has 1 saturated carbocycles. The van der Waals surface area contributed by atoms with Gasteiger partial charge in [0.2, 0.25) is 0 Å². The van der Waals surface area contributed by atoms with E-state index in [0.717, 1.165) is 25.7 Å². The van der Waals surface area contributed by atoms with Crippen LogP contribution in [0.3, 0.4) is 0 Å². The van der Waals surface area contributed by atoms with Gasteiger partial charge in [-0.15, -0.1) is 0 Å². The van der Waals surface area contributed by atoms with E-state index in [2.05, 4.69) is 45.0 Å². The highest BCUT2D eigenvalue weighted by Crippen LogP contribution is 2.39. The Morgan fingerprint density at radius 3 is 2.35 bits per heavy atom. The van der Waals surface area contributed by atoms with Gasteiger partial charge in [-0.05, 0) is 35.8 Å². The number of hydrogen-bond donors (Lipinski definition) is 2. The number of nitrogens with two attached hydrogens (primary N) is 1. The summed E-state index contributed by atoms with van der Waals surface area (Å²) < 4.78 is 0. The SMILES string of the molecule is CC(C)(C)c1ccc(CC2(CN)CCCCC2O)cc1. The lowest BCUT2D eigenvalue weighted by Crippen LogP contribution is -2.45. The van der Waals surface area contributed by atoms with Gasteiger partial charge in [0.05, 0.1) is 6.10 Å². The summed E-state index contributed by atoms with van der Waals surface area (Å²) in [6, 6.07) is 8.85. The van der Waals surface area contributed by atoms with Crippen molar-refractivity contribution in [1.82, 2.24) is 0 Å². The lowest BCUT2D eigenvalue weighted by atomic mass is 9.68. The van der Waals surface area contributed by atoms with Crippen LogP contribution in [0.4, 0.5) is 0 Å². The highest BCUT2D eigenvalue weighted by atomic mass is 16.3. The van der Waals surface area contributed by atoms with Crippen molar-refractivity contribution in [3.63, 3.8) is 0 Å². The van der Waals surface area contributed by atoms with Gasteiger partial charge in [0, 0.05) is 12.0 Å². The van der Waals surface area contributed by atoms with Gasteiger partial charge in [-0.2, -0.15) is 0 Å². The molecule has 0 radical (unpaired) electrons. The number of benzene rings is 1. The first-order valence-electron chi connectivity index (χ1n) is 7.85. The van der Waals surface area contributed by atoms with Crippen LogP contribution in [0.5, 0.6) is 0 Å². The first kappa shape index (κ1) is 15.5. The average molecular weight is 275 g/mol. The minimum Gasteiger partial charge on any atom is -0.392 e. The molecule has 1 fully saturated rings. The second-order valence-corrected chi connectivity index (χ2v) is 7.45. The zero-order valence-corrected chi connectivity index (χ0v) is 13.2. The van der Waals surface area contributed by atoms with Crippen LogP contribution in [0.2, 0.25) is 0 Å². The predicted molar refractivity (Wildman–Crippen MR) is 84.8 cm³/mol. The zero-order valence-electron chi connectivity index (χ0n) is 13.2. The third-order valence-corrected chi connectivity index (χ3v) is 4.89. The molecular formula is C18H29NO. The van der Waals surface area contributed by atoms with E-state index in [9.17, 15) is 5.11 Å². The van der Waals surface area contributed by atoms with Crippen molar-refractivity contribution in [3.8, 4) is 0 Å². The highest BCUT2D eigenvalue weighted by Gasteiger charge is 2.38. The molecule has 0 bridgehead atoms. The molecule has 0 saturated heterocycles. The molecule has 0 aromatic heterocycles. The minimum absolute atomic E-state index is 0.110. The standard InChI is InChI=1S/C18H29NO/c1-17(2,3)15-9-7-14(8-10-15)12-18(13-19)11-5-4-6-16(18)20/h7-10,16,20H,4-6,11-13,19H2,1-3H3. The summed E-state index contributed by atoms with van der Waals surface area (Å²) in [5.74, 6) is 0. The molecule has 2 rings (SSSR count). The van der Waals surface area contributed by atoms with E-state index in [1.165, 1.54) is 17.5 Å². The second kappa shape index (κ2) is 5.87. The zero-order chi connectivity index (χ0) is 14.8. The van der Waals surface area contributed by atoms with Gasteiger partial charge in [0.1, 0.15) is 0 Å². The molecule has 1 aromatic rings. The van der Waals surface area contributed by atoms with Crippen molar-refractivity contribution in [2.75, 3.05) is 6.54 Å². The lowest BCUT2D eigenvalue weighted by Gasteiger charge is -2.41. The molecular weight excluding hydrogens is 246 g/mol. The van der Waals surface area contributed by atoms with E-state index in [1.54, 1.807) is 0 Å². The lowest BCUT2D eigenvalue weighted by molar-refractivity contribution is -0.00585. The molecule has 0 heterocycles. The van der Waals surface area contributed by atoms with Gasteiger partial charge in [-0.3, -0.25) is 0 Å². The van der Waals surface area contributed by atoms with Crippen LogP contribution in [-0.2, 0) is 11.8 Å². The molecule has 112 valence electrons. The smallest absolute Gasteiger partial charge is 0.0611 e. The monoisotopic (exact) mass is 275 g/mol. The largest absolute Gasteiger partial charge is 0.392 e. The fraction of sp³-hybridized carbons (Fsp3) is 0.667. The van der Waals surface area contributed by atoms with Crippen LogP contribution in [0.25, 0.3) is 0 Å². The third kappa shape index (κ3) is 3.24. The predicted octanol–water partition coefficient (Wildman–Crippen LogP) is 3.41. The van der Waals surface area contributed by atoms with Crippen LogP contribution in [0, 0.1) is 5.41 Å². The van der Waals surface area contributed by atoms with Crippen LogP contribution in [0.15, 0.2) is 24.3 Å². The summed E-state index contributed by atoms with van der Waals surface area (Å²) in [5, 5.41) is 10.4. The van der Waals surface area contributed by atoms with Crippen molar-refractivity contribution in [2.24, 2.45) is 11.1 Å². The van der Waals surface area contributed by atoms with E-state index >= 15 is 0 Å². The molecule has 2 nitrogen and oxygen atoms in total. The van der Waals surface area contributed by atoms with E-state index in [-0.39, 0.29) is 16.9 Å². The first-order chi connectivity index (χ1) is 9.37. The highest BCUT2D eigenvalue weighted by molar-refractivity contribution is 5.28. The maximum absolute atomic E-state index is 10.4. The number of rotatable bonds is 3. The molecule has 1 aromatic carbocycles. The van der Waals surface area contributed by atoms with Gasteiger partial charge in [-0.25, -0.2) is 0 Å². The number of aliphatic hydroxyl groups is 1. The second-order valence-electron chi connectivity index (χ2n) is 7.45. The molecule has 0 aliphatic heterocycles. The van der Waals surface area contributed by atoms with Gasteiger partial charge in [0.25, 0.3) is 0 Å². The Kier molecular flexibility index (Phi) is 4.55. The van der Waals surface area contributed by atoms with Crippen molar-refractivity contribution >= 4 is 0 Å². The maximum Gasteiger partial charge on any atom is 0.0611 e. The number of hydrogen-bond acceptors (Lipinski definition) is 2. The molecule has 1 aliphatic rings. The molecule has 3 N–H and O–H groups in total. The molecule has 2 unspecified atom stereocenters. The quantitative estimate of drug-likeness (QED) is 0.888. The molecule has 0 spiro atoms. The normalized spacial score (nSPS) is 27.6. The van der Waals surface area contributed by atoms with Crippen molar-refractivity contribution < 1.29 is 5.11 Å². The first-order valence-corrected chi connectivity index (χ1v) is 7.85. The summed E-state index contributed by atoms with van der Waals surface area (Å²) >= 11 is 0. The van der Waals surface area contributed by atoms with Crippen molar-refractivity contribution in [1.29, 1.82) is 0 Å². The molecule has 0 amide bonds. The molecule has 2 heteroatoms.